The zero-order valence-electron chi connectivity index (χ0n) is 19.1. The van der Waals surface area contributed by atoms with Crippen LogP contribution < -0.4 is 10.1 Å². The molecule has 188 valence electrons. The fourth-order valence-corrected chi connectivity index (χ4v) is 4.37. The van der Waals surface area contributed by atoms with Gasteiger partial charge in [-0.1, -0.05) is 29.8 Å². The predicted molar refractivity (Wildman–Crippen MR) is 127 cm³/mol. The monoisotopic (exact) mass is 520 g/mol. The lowest BCUT2D eigenvalue weighted by molar-refractivity contribution is -0.140. The number of nitrogens with zero attached hydrogens (tertiary/aromatic N) is 1. The number of amides is 2. The minimum atomic E-state index is -4.82. The summed E-state index contributed by atoms with van der Waals surface area (Å²) in [5.74, 6) is -1.59. The molecule has 0 radical (unpaired) electrons. The lowest BCUT2D eigenvalue weighted by Gasteiger charge is -2.30. The van der Waals surface area contributed by atoms with Crippen LogP contribution in [0.2, 0.25) is 5.02 Å². The van der Waals surface area contributed by atoms with Crippen molar-refractivity contribution in [2.24, 2.45) is 0 Å². The molecule has 10 heteroatoms. The molecule has 0 spiro atoms. The molecular weight excluding hydrogens is 500 g/mol. The number of halogens is 5. The molecule has 3 aromatic rings. The maximum atomic E-state index is 13.9. The molecule has 1 aliphatic rings. The molecule has 4 rings (SSSR count). The third-order valence-corrected chi connectivity index (χ3v) is 6.24. The van der Waals surface area contributed by atoms with Gasteiger partial charge in [0.25, 0.3) is 5.91 Å². The van der Waals surface area contributed by atoms with Gasteiger partial charge >= 0.3 is 6.18 Å². The third kappa shape index (κ3) is 5.46. The molecular formula is C26H21ClF4N2O3. The van der Waals surface area contributed by atoms with Crippen molar-refractivity contribution in [3.05, 3.63) is 93.3 Å². The van der Waals surface area contributed by atoms with Crippen molar-refractivity contribution in [1.29, 1.82) is 0 Å². The normalized spacial score (nSPS) is 13.2. The summed E-state index contributed by atoms with van der Waals surface area (Å²) in [6, 6.07) is 12.6. The molecule has 1 heterocycles. The highest BCUT2D eigenvalue weighted by atomic mass is 35.5. The number of carbonyl (C=O) groups is 2. The average Bonchev–Trinajstić information content (AvgIpc) is 2.84. The quantitative estimate of drug-likeness (QED) is 0.427. The van der Waals surface area contributed by atoms with Gasteiger partial charge in [-0.15, -0.1) is 0 Å². The summed E-state index contributed by atoms with van der Waals surface area (Å²) >= 11 is 6.34. The van der Waals surface area contributed by atoms with Crippen molar-refractivity contribution in [1.82, 2.24) is 4.90 Å². The van der Waals surface area contributed by atoms with E-state index in [9.17, 15) is 27.2 Å². The molecule has 0 saturated carbocycles. The van der Waals surface area contributed by atoms with Gasteiger partial charge in [0.1, 0.15) is 11.6 Å². The molecule has 0 atom stereocenters. The van der Waals surface area contributed by atoms with Crippen LogP contribution in [0.15, 0.2) is 54.6 Å². The standard InChI is InChI=1S/C26H21ClF4N2O3/c1-36-18-4-2-3-16(13-18)25(35)33-10-9-19-17(14-33)6-8-21(27)24(19)32-23(34)12-15-5-7-20(22(28)11-15)26(29,30)31/h2-8,11,13H,9-10,12,14H2,1H3,(H,32,34). The second-order valence-electron chi connectivity index (χ2n) is 8.31. The van der Waals surface area contributed by atoms with Gasteiger partial charge in [0.05, 0.1) is 29.8 Å². The van der Waals surface area contributed by atoms with Gasteiger partial charge in [-0.25, -0.2) is 4.39 Å². The van der Waals surface area contributed by atoms with E-state index in [0.717, 1.165) is 17.2 Å². The molecule has 1 aliphatic heterocycles. The van der Waals surface area contributed by atoms with Crippen molar-refractivity contribution < 1.29 is 31.9 Å². The second-order valence-corrected chi connectivity index (χ2v) is 8.71. The molecule has 2 amide bonds. The first-order valence-corrected chi connectivity index (χ1v) is 11.3. The van der Waals surface area contributed by atoms with Crippen molar-refractivity contribution in [2.45, 2.75) is 25.6 Å². The van der Waals surface area contributed by atoms with Crippen LogP contribution in [0.5, 0.6) is 5.75 Å². The second kappa shape index (κ2) is 10.2. The Labute approximate surface area is 209 Å². The van der Waals surface area contributed by atoms with E-state index < -0.39 is 23.5 Å². The number of fused-ring (bicyclic) bond motifs is 1. The molecule has 0 bridgehead atoms. The van der Waals surface area contributed by atoms with E-state index in [1.807, 2.05) is 0 Å². The number of anilines is 1. The Morgan fingerprint density at radius 3 is 2.58 bits per heavy atom. The van der Waals surface area contributed by atoms with E-state index in [1.54, 1.807) is 41.3 Å². The number of ether oxygens (including phenoxy) is 1. The number of hydrogen-bond donors (Lipinski definition) is 1. The third-order valence-electron chi connectivity index (χ3n) is 5.92. The van der Waals surface area contributed by atoms with Crippen LogP contribution in [0.25, 0.3) is 0 Å². The summed E-state index contributed by atoms with van der Waals surface area (Å²) in [5.41, 5.74) is 1.14. The van der Waals surface area contributed by atoms with E-state index in [0.29, 0.717) is 48.6 Å². The van der Waals surface area contributed by atoms with Gasteiger partial charge in [0, 0.05) is 18.7 Å². The number of benzene rings is 3. The summed E-state index contributed by atoms with van der Waals surface area (Å²) in [5, 5.41) is 2.99. The fraction of sp³-hybridized carbons (Fsp3) is 0.231. The number of methoxy groups -OCH3 is 1. The molecule has 0 saturated heterocycles. The van der Waals surface area contributed by atoms with E-state index in [2.05, 4.69) is 5.32 Å². The molecule has 0 aliphatic carbocycles. The van der Waals surface area contributed by atoms with Gasteiger partial charge in [0.2, 0.25) is 5.91 Å². The summed E-state index contributed by atoms with van der Waals surface area (Å²) in [7, 11) is 1.52. The van der Waals surface area contributed by atoms with Gasteiger partial charge < -0.3 is 15.0 Å². The number of carbonyl (C=O) groups excluding carboxylic acids is 2. The van der Waals surface area contributed by atoms with Crippen molar-refractivity contribution in [3.8, 4) is 5.75 Å². The zero-order valence-corrected chi connectivity index (χ0v) is 19.8. The predicted octanol–water partition coefficient (Wildman–Crippen LogP) is 5.89. The highest BCUT2D eigenvalue weighted by molar-refractivity contribution is 6.34. The first-order chi connectivity index (χ1) is 17.1. The summed E-state index contributed by atoms with van der Waals surface area (Å²) < 4.78 is 57.4. The Kier molecular flexibility index (Phi) is 7.21. The first-order valence-electron chi connectivity index (χ1n) is 11.0. The maximum absolute atomic E-state index is 13.9. The van der Waals surface area contributed by atoms with Crippen LogP contribution in [0, 0.1) is 5.82 Å². The van der Waals surface area contributed by atoms with Gasteiger partial charge in [-0.3, -0.25) is 9.59 Å². The number of hydrogen-bond acceptors (Lipinski definition) is 3. The molecule has 36 heavy (non-hydrogen) atoms. The van der Waals surface area contributed by atoms with Crippen LogP contribution in [0.1, 0.15) is 32.6 Å². The molecule has 3 aromatic carbocycles. The molecule has 0 fully saturated rings. The summed E-state index contributed by atoms with van der Waals surface area (Å²) in [6.07, 6.45) is -4.73. The van der Waals surface area contributed by atoms with E-state index in [4.69, 9.17) is 16.3 Å². The van der Waals surface area contributed by atoms with Crippen LogP contribution in [-0.2, 0) is 30.4 Å². The summed E-state index contributed by atoms with van der Waals surface area (Å²) in [6.45, 7) is 0.686. The first kappa shape index (κ1) is 25.5. The highest BCUT2D eigenvalue weighted by Gasteiger charge is 2.34. The topological polar surface area (TPSA) is 58.6 Å². The zero-order chi connectivity index (χ0) is 26.0. The van der Waals surface area contributed by atoms with Crippen molar-refractivity contribution >= 4 is 29.1 Å². The SMILES string of the molecule is COc1cccc(C(=O)N2CCc3c(ccc(Cl)c3NC(=O)Cc3ccc(C(F)(F)F)c(F)c3)C2)c1. The van der Waals surface area contributed by atoms with E-state index >= 15 is 0 Å². The smallest absolute Gasteiger partial charge is 0.419 e. The van der Waals surface area contributed by atoms with Crippen molar-refractivity contribution in [3.63, 3.8) is 0 Å². The highest BCUT2D eigenvalue weighted by Crippen LogP contribution is 2.34. The van der Waals surface area contributed by atoms with Crippen LogP contribution in [0.3, 0.4) is 0 Å². The minimum Gasteiger partial charge on any atom is -0.497 e. The maximum Gasteiger partial charge on any atom is 0.419 e. The molecule has 5 nitrogen and oxygen atoms in total. The van der Waals surface area contributed by atoms with Crippen molar-refractivity contribution in [2.75, 3.05) is 19.0 Å². The number of rotatable bonds is 5. The van der Waals surface area contributed by atoms with Crippen LogP contribution in [-0.4, -0.2) is 30.4 Å². The Morgan fingerprint density at radius 1 is 1.11 bits per heavy atom. The summed E-state index contributed by atoms with van der Waals surface area (Å²) in [4.78, 5) is 27.3. The average molecular weight is 521 g/mol. The van der Waals surface area contributed by atoms with Crippen LogP contribution in [0.4, 0.5) is 23.2 Å². The minimum absolute atomic E-state index is 0.0917. The largest absolute Gasteiger partial charge is 0.497 e. The van der Waals surface area contributed by atoms with Crippen LogP contribution >= 0.6 is 11.6 Å². The number of nitrogens with one attached hydrogen (secondary N) is 1. The Hall–Kier alpha value is -3.59. The molecule has 1 N–H and O–H groups in total. The van der Waals surface area contributed by atoms with E-state index in [-0.39, 0.29) is 22.9 Å². The lowest BCUT2D eigenvalue weighted by atomic mass is 9.96. The van der Waals surface area contributed by atoms with Gasteiger partial charge in [0.15, 0.2) is 0 Å². The molecule has 0 unspecified atom stereocenters. The Bertz CT molecular complexity index is 1330. The Balaban J connectivity index is 1.49. The van der Waals surface area contributed by atoms with E-state index in [1.165, 1.54) is 7.11 Å². The molecule has 0 aromatic heterocycles. The lowest BCUT2D eigenvalue weighted by Crippen LogP contribution is -2.36. The Morgan fingerprint density at radius 2 is 1.89 bits per heavy atom. The van der Waals surface area contributed by atoms with Gasteiger partial charge in [-0.05, 0) is 59.5 Å². The number of alkyl halides is 3. The fourth-order valence-electron chi connectivity index (χ4n) is 4.14. The van der Waals surface area contributed by atoms with Gasteiger partial charge in [-0.2, -0.15) is 13.2 Å².